The number of ether oxygens (including phenoxy) is 3. The summed E-state index contributed by atoms with van der Waals surface area (Å²) < 4.78 is 19.7. The van der Waals surface area contributed by atoms with E-state index in [4.69, 9.17) is 14.2 Å². The molecule has 0 bridgehead atoms. The van der Waals surface area contributed by atoms with Gasteiger partial charge in [-0.15, -0.1) is 5.10 Å². The molecule has 0 unspecified atom stereocenters. The van der Waals surface area contributed by atoms with Gasteiger partial charge < -0.3 is 29.7 Å². The first-order valence-corrected chi connectivity index (χ1v) is 16.4. The molecule has 48 heavy (non-hydrogen) atoms. The van der Waals surface area contributed by atoms with Gasteiger partial charge in [0.25, 0.3) is 0 Å². The Morgan fingerprint density at radius 2 is 1.75 bits per heavy atom. The van der Waals surface area contributed by atoms with Crippen LogP contribution in [0.1, 0.15) is 41.1 Å². The standard InChI is InChI=1S/C36H35N5O6S/c1-2-19-45-36(44)37-21-28-5-3-4-6-32(28)25-11-13-27(14-12-25)34-46-31(20-33(47-34)26-9-7-24(22-42)8-10-26)23-48-35-38-39-40-41(35)29-15-17-30(43)18-16-29/h2-18,31,33-34,42-43H,1,19-23H2,(H,37,44)/t31-,33+,34+/m1/s1. The minimum absolute atomic E-state index is 0.0303. The molecule has 6 rings (SSSR count). The van der Waals surface area contributed by atoms with Gasteiger partial charge in [-0.2, -0.15) is 4.68 Å². The summed E-state index contributed by atoms with van der Waals surface area (Å²) in [6.45, 7) is 3.99. The van der Waals surface area contributed by atoms with E-state index in [1.807, 2.05) is 72.8 Å². The zero-order valence-electron chi connectivity index (χ0n) is 26.0. The van der Waals surface area contributed by atoms with Crippen molar-refractivity contribution in [2.75, 3.05) is 12.4 Å². The molecule has 3 atom stereocenters. The lowest BCUT2D eigenvalue weighted by Gasteiger charge is -2.36. The van der Waals surface area contributed by atoms with Crippen molar-refractivity contribution in [1.29, 1.82) is 0 Å². The molecule has 0 spiro atoms. The van der Waals surface area contributed by atoms with Crippen LogP contribution in [-0.4, -0.2) is 55.0 Å². The number of nitrogens with one attached hydrogen (secondary N) is 1. The van der Waals surface area contributed by atoms with Gasteiger partial charge in [0.2, 0.25) is 5.16 Å². The molecule has 1 saturated heterocycles. The molecule has 0 radical (unpaired) electrons. The number of aromatic hydroxyl groups is 1. The molecule has 2 heterocycles. The Kier molecular flexibility index (Phi) is 10.8. The summed E-state index contributed by atoms with van der Waals surface area (Å²) in [5.41, 5.74) is 6.34. The number of hydrogen-bond donors (Lipinski definition) is 3. The molecule has 0 aliphatic carbocycles. The maximum absolute atomic E-state index is 12.0. The molecule has 1 aromatic heterocycles. The number of tetrazole rings is 1. The van der Waals surface area contributed by atoms with E-state index < -0.39 is 12.4 Å². The fraction of sp³-hybridized carbons (Fsp3) is 0.222. The van der Waals surface area contributed by atoms with Crippen LogP contribution in [0.25, 0.3) is 16.8 Å². The first-order valence-electron chi connectivity index (χ1n) is 15.4. The number of rotatable bonds is 12. The Hall–Kier alpha value is -5.01. The van der Waals surface area contributed by atoms with Gasteiger partial charge in [-0.05, 0) is 62.5 Å². The zero-order valence-corrected chi connectivity index (χ0v) is 26.8. The highest BCUT2D eigenvalue weighted by Gasteiger charge is 2.32. The molecule has 0 saturated carbocycles. The monoisotopic (exact) mass is 665 g/mol. The largest absolute Gasteiger partial charge is 0.508 e. The summed E-state index contributed by atoms with van der Waals surface area (Å²) in [7, 11) is 0. The Bertz CT molecular complexity index is 1810. The minimum atomic E-state index is -0.634. The number of benzene rings is 4. The molecule has 12 heteroatoms. The SMILES string of the molecule is C=CCOC(=O)NCc1ccccc1-c1ccc([C@H]2O[C@@H](CSc3nnnn3-c3ccc(O)cc3)C[C@@H](c3ccc(CO)cc3)O2)cc1. The number of alkyl carbamates (subject to hydrolysis) is 1. The number of aromatic nitrogens is 4. The molecule has 1 aliphatic rings. The smallest absolute Gasteiger partial charge is 0.407 e. The van der Waals surface area contributed by atoms with E-state index in [1.54, 1.807) is 28.9 Å². The zero-order chi connectivity index (χ0) is 33.3. The third kappa shape index (κ3) is 8.09. The van der Waals surface area contributed by atoms with Gasteiger partial charge in [0.15, 0.2) is 6.29 Å². The Labute approximate surface area is 282 Å². The lowest BCUT2D eigenvalue weighted by Crippen LogP contribution is -2.31. The van der Waals surface area contributed by atoms with Crippen molar-refractivity contribution >= 4 is 17.9 Å². The van der Waals surface area contributed by atoms with Crippen LogP contribution in [0, 0.1) is 0 Å². The van der Waals surface area contributed by atoms with Gasteiger partial charge in [-0.25, -0.2) is 4.79 Å². The predicted molar refractivity (Wildman–Crippen MR) is 180 cm³/mol. The van der Waals surface area contributed by atoms with Crippen LogP contribution in [0.3, 0.4) is 0 Å². The lowest BCUT2D eigenvalue weighted by atomic mass is 9.98. The topological polar surface area (TPSA) is 141 Å². The van der Waals surface area contributed by atoms with Crippen molar-refractivity contribution in [2.24, 2.45) is 0 Å². The van der Waals surface area contributed by atoms with Gasteiger partial charge in [0.05, 0.1) is 24.5 Å². The number of aliphatic hydroxyl groups excluding tert-OH is 1. The van der Waals surface area contributed by atoms with E-state index >= 15 is 0 Å². The number of aliphatic hydroxyl groups is 1. The molecule has 1 fully saturated rings. The third-order valence-electron chi connectivity index (χ3n) is 7.82. The number of phenolic OH excluding ortho intramolecular Hbond substituents is 1. The first-order chi connectivity index (χ1) is 23.5. The minimum Gasteiger partial charge on any atom is -0.508 e. The van der Waals surface area contributed by atoms with Crippen molar-refractivity contribution in [3.05, 3.63) is 132 Å². The highest BCUT2D eigenvalue weighted by atomic mass is 32.2. The molecule has 1 amide bonds. The summed E-state index contributed by atoms with van der Waals surface area (Å²) in [4.78, 5) is 12.0. The molecule has 5 aromatic rings. The molecular formula is C36H35N5O6S. The van der Waals surface area contributed by atoms with Gasteiger partial charge in [0, 0.05) is 24.3 Å². The van der Waals surface area contributed by atoms with Crippen molar-refractivity contribution in [2.45, 2.75) is 43.2 Å². The number of carbonyl (C=O) groups is 1. The average molecular weight is 666 g/mol. The molecule has 3 N–H and O–H groups in total. The lowest BCUT2D eigenvalue weighted by molar-refractivity contribution is -0.245. The normalized spacial score (nSPS) is 17.5. The fourth-order valence-electron chi connectivity index (χ4n) is 5.34. The van der Waals surface area contributed by atoms with E-state index in [9.17, 15) is 15.0 Å². The van der Waals surface area contributed by atoms with E-state index in [0.29, 0.717) is 23.9 Å². The van der Waals surface area contributed by atoms with Crippen molar-refractivity contribution in [3.63, 3.8) is 0 Å². The number of carbonyl (C=O) groups excluding carboxylic acids is 1. The maximum atomic E-state index is 12.0. The summed E-state index contributed by atoms with van der Waals surface area (Å²) in [6.07, 6.45) is 0.545. The van der Waals surface area contributed by atoms with Crippen LogP contribution in [-0.2, 0) is 27.4 Å². The Morgan fingerprint density at radius 3 is 2.50 bits per heavy atom. The third-order valence-corrected chi connectivity index (χ3v) is 8.87. The van der Waals surface area contributed by atoms with Crippen molar-refractivity contribution in [3.8, 4) is 22.6 Å². The van der Waals surface area contributed by atoms with Crippen molar-refractivity contribution in [1.82, 2.24) is 25.5 Å². The van der Waals surface area contributed by atoms with Gasteiger partial charge in [-0.3, -0.25) is 0 Å². The maximum Gasteiger partial charge on any atom is 0.407 e. The fourth-order valence-corrected chi connectivity index (χ4v) is 6.25. The summed E-state index contributed by atoms with van der Waals surface area (Å²) in [5, 5.41) is 34.8. The molecule has 11 nitrogen and oxygen atoms in total. The average Bonchev–Trinajstić information content (AvgIpc) is 3.61. The first kappa shape index (κ1) is 32.9. The Morgan fingerprint density at radius 1 is 1.00 bits per heavy atom. The second-order valence-electron chi connectivity index (χ2n) is 11.1. The summed E-state index contributed by atoms with van der Waals surface area (Å²) in [5.74, 6) is 0.730. The highest BCUT2D eigenvalue weighted by Crippen LogP contribution is 2.40. The quantitative estimate of drug-likeness (QED) is 0.103. The van der Waals surface area contributed by atoms with Crippen LogP contribution in [0.15, 0.2) is 115 Å². The molecule has 246 valence electrons. The van der Waals surface area contributed by atoms with E-state index in [-0.39, 0.29) is 31.2 Å². The van der Waals surface area contributed by atoms with Crippen LogP contribution < -0.4 is 5.32 Å². The molecular weight excluding hydrogens is 630 g/mol. The van der Waals surface area contributed by atoms with E-state index in [0.717, 1.165) is 39.1 Å². The number of hydrogen-bond acceptors (Lipinski definition) is 10. The van der Waals surface area contributed by atoms with Gasteiger partial charge >= 0.3 is 6.09 Å². The molecule has 1 aliphatic heterocycles. The molecule has 4 aromatic carbocycles. The summed E-state index contributed by atoms with van der Waals surface area (Å²) >= 11 is 1.48. The Balaban J connectivity index is 1.19. The second-order valence-corrected chi connectivity index (χ2v) is 12.1. The van der Waals surface area contributed by atoms with Gasteiger partial charge in [-0.1, -0.05) is 97.2 Å². The number of thioether (sulfide) groups is 1. The van der Waals surface area contributed by atoms with Crippen molar-refractivity contribution < 1.29 is 29.2 Å². The number of phenols is 1. The second kappa shape index (κ2) is 15.7. The summed E-state index contributed by atoms with van der Waals surface area (Å²) in [6, 6.07) is 30.4. The number of amides is 1. The highest BCUT2D eigenvalue weighted by molar-refractivity contribution is 7.99. The van der Waals surface area contributed by atoms with Gasteiger partial charge in [0.1, 0.15) is 12.4 Å². The predicted octanol–water partition coefficient (Wildman–Crippen LogP) is 6.28. The van der Waals surface area contributed by atoms with E-state index in [1.165, 1.54) is 17.8 Å². The van der Waals surface area contributed by atoms with Crippen LogP contribution in [0.2, 0.25) is 0 Å². The van der Waals surface area contributed by atoms with E-state index in [2.05, 4.69) is 27.4 Å². The van der Waals surface area contributed by atoms with Crippen LogP contribution in [0.5, 0.6) is 5.75 Å². The van der Waals surface area contributed by atoms with Crippen LogP contribution in [0.4, 0.5) is 4.79 Å². The van der Waals surface area contributed by atoms with Crippen LogP contribution >= 0.6 is 11.8 Å². The number of nitrogens with zero attached hydrogens (tertiary/aromatic N) is 4.